The molecule has 0 aromatic heterocycles. The molecule has 2 saturated heterocycles. The van der Waals surface area contributed by atoms with Gasteiger partial charge in [-0.25, -0.2) is 0 Å². The molecule has 5 nitrogen and oxygen atoms in total. The van der Waals surface area contributed by atoms with Crippen molar-refractivity contribution in [2.75, 3.05) is 32.7 Å². The number of rotatable bonds is 3. The minimum atomic E-state index is 0. The molecule has 0 unspecified atom stereocenters. The third kappa shape index (κ3) is 4.99. The van der Waals surface area contributed by atoms with Crippen LogP contribution in [0.4, 0.5) is 0 Å². The van der Waals surface area contributed by atoms with E-state index >= 15 is 0 Å². The van der Waals surface area contributed by atoms with Crippen molar-refractivity contribution in [3.63, 3.8) is 0 Å². The van der Waals surface area contributed by atoms with E-state index in [9.17, 15) is 9.59 Å². The first-order valence-corrected chi connectivity index (χ1v) is 7.03. The largest absolute Gasteiger partial charge is 0.347 e. The molecule has 0 aromatic carbocycles. The van der Waals surface area contributed by atoms with Crippen LogP contribution in [0.1, 0.15) is 32.1 Å². The second kappa shape index (κ2) is 8.38. The van der Waals surface area contributed by atoms with Gasteiger partial charge in [0.15, 0.2) is 0 Å². The highest BCUT2D eigenvalue weighted by Gasteiger charge is 2.22. The minimum absolute atomic E-state index is 0. The SMILES string of the molecule is Cl.O=C(NCC(=O)N1CCCCC1)[C@@H]1CCCNC1. The van der Waals surface area contributed by atoms with Gasteiger partial charge in [-0.15, -0.1) is 12.4 Å². The van der Waals surface area contributed by atoms with E-state index in [1.807, 2.05) is 4.90 Å². The Morgan fingerprint density at radius 2 is 1.89 bits per heavy atom. The zero-order valence-corrected chi connectivity index (χ0v) is 12.1. The molecule has 1 atom stereocenters. The molecule has 0 saturated carbocycles. The predicted octanol–water partition coefficient (Wildman–Crippen LogP) is 0.536. The van der Waals surface area contributed by atoms with Crippen molar-refractivity contribution < 1.29 is 9.59 Å². The fraction of sp³-hybridized carbons (Fsp3) is 0.846. The molecule has 2 aliphatic rings. The molecule has 2 fully saturated rings. The average Bonchev–Trinajstić information content (AvgIpc) is 2.46. The van der Waals surface area contributed by atoms with Gasteiger partial charge in [0.25, 0.3) is 0 Å². The first-order valence-electron chi connectivity index (χ1n) is 7.03. The van der Waals surface area contributed by atoms with Crippen molar-refractivity contribution in [2.24, 2.45) is 5.92 Å². The van der Waals surface area contributed by atoms with Crippen LogP contribution >= 0.6 is 12.4 Å². The molecular formula is C13H24ClN3O2. The lowest BCUT2D eigenvalue weighted by molar-refractivity contribution is -0.134. The number of halogens is 1. The highest BCUT2D eigenvalue weighted by atomic mass is 35.5. The summed E-state index contributed by atoms with van der Waals surface area (Å²) in [6.07, 6.45) is 5.36. The fourth-order valence-corrected chi connectivity index (χ4v) is 2.64. The topological polar surface area (TPSA) is 61.4 Å². The Morgan fingerprint density at radius 1 is 1.16 bits per heavy atom. The van der Waals surface area contributed by atoms with Crippen LogP contribution in [0.15, 0.2) is 0 Å². The second-order valence-electron chi connectivity index (χ2n) is 5.20. The molecule has 2 heterocycles. The van der Waals surface area contributed by atoms with E-state index in [0.717, 1.165) is 51.9 Å². The van der Waals surface area contributed by atoms with Crippen LogP contribution in [-0.4, -0.2) is 49.4 Å². The third-order valence-electron chi connectivity index (χ3n) is 3.79. The van der Waals surface area contributed by atoms with E-state index < -0.39 is 0 Å². The first kappa shape index (κ1) is 16.2. The number of carbonyl (C=O) groups is 2. The van der Waals surface area contributed by atoms with Crippen molar-refractivity contribution in [3.8, 4) is 0 Å². The maximum absolute atomic E-state index is 11.9. The zero-order chi connectivity index (χ0) is 12.8. The zero-order valence-electron chi connectivity index (χ0n) is 11.3. The molecule has 0 spiro atoms. The summed E-state index contributed by atoms with van der Waals surface area (Å²) in [4.78, 5) is 25.6. The monoisotopic (exact) mass is 289 g/mol. The molecule has 2 aliphatic heterocycles. The Balaban J connectivity index is 0.00000180. The van der Waals surface area contributed by atoms with Crippen LogP contribution in [-0.2, 0) is 9.59 Å². The Labute approximate surface area is 120 Å². The molecule has 110 valence electrons. The molecule has 19 heavy (non-hydrogen) atoms. The van der Waals surface area contributed by atoms with Crippen molar-refractivity contribution in [1.29, 1.82) is 0 Å². The standard InChI is InChI=1S/C13H23N3O2.ClH/c17-12(16-7-2-1-3-8-16)10-15-13(18)11-5-4-6-14-9-11;/h11,14H,1-10H2,(H,15,18);1H/t11-;/m1./s1. The number of nitrogens with zero attached hydrogens (tertiary/aromatic N) is 1. The van der Waals surface area contributed by atoms with Crippen molar-refractivity contribution in [1.82, 2.24) is 15.5 Å². The summed E-state index contributed by atoms with van der Waals surface area (Å²) in [5.74, 6) is 0.118. The van der Waals surface area contributed by atoms with Gasteiger partial charge in [0, 0.05) is 19.6 Å². The van der Waals surface area contributed by atoms with Crippen LogP contribution in [0.5, 0.6) is 0 Å². The maximum atomic E-state index is 11.9. The lowest BCUT2D eigenvalue weighted by atomic mass is 9.99. The van der Waals surface area contributed by atoms with Crippen LogP contribution in [0.25, 0.3) is 0 Å². The van der Waals surface area contributed by atoms with Crippen LogP contribution < -0.4 is 10.6 Å². The molecule has 2 N–H and O–H groups in total. The number of hydrogen-bond donors (Lipinski definition) is 2. The summed E-state index contributed by atoms with van der Waals surface area (Å²) < 4.78 is 0. The molecule has 0 aromatic rings. The Morgan fingerprint density at radius 3 is 2.53 bits per heavy atom. The van der Waals surface area contributed by atoms with E-state index in [-0.39, 0.29) is 36.7 Å². The van der Waals surface area contributed by atoms with Crippen molar-refractivity contribution in [3.05, 3.63) is 0 Å². The molecular weight excluding hydrogens is 266 g/mol. The highest BCUT2D eigenvalue weighted by Crippen LogP contribution is 2.10. The number of carbonyl (C=O) groups excluding carboxylic acids is 2. The van der Waals surface area contributed by atoms with Gasteiger partial charge in [-0.05, 0) is 38.6 Å². The first-order chi connectivity index (χ1) is 8.77. The Kier molecular flexibility index (Phi) is 7.16. The van der Waals surface area contributed by atoms with Gasteiger partial charge in [-0.1, -0.05) is 0 Å². The summed E-state index contributed by atoms with van der Waals surface area (Å²) in [7, 11) is 0. The summed E-state index contributed by atoms with van der Waals surface area (Å²) in [5, 5.41) is 5.99. The van der Waals surface area contributed by atoms with Gasteiger partial charge < -0.3 is 15.5 Å². The number of nitrogens with one attached hydrogen (secondary N) is 2. The minimum Gasteiger partial charge on any atom is -0.347 e. The maximum Gasteiger partial charge on any atom is 0.241 e. The average molecular weight is 290 g/mol. The van der Waals surface area contributed by atoms with E-state index in [0.29, 0.717) is 0 Å². The van der Waals surface area contributed by atoms with Crippen molar-refractivity contribution in [2.45, 2.75) is 32.1 Å². The van der Waals surface area contributed by atoms with Gasteiger partial charge in [-0.2, -0.15) is 0 Å². The third-order valence-corrected chi connectivity index (χ3v) is 3.79. The number of amides is 2. The molecule has 0 aliphatic carbocycles. The van der Waals surface area contributed by atoms with Crippen molar-refractivity contribution >= 4 is 24.2 Å². The molecule has 0 bridgehead atoms. The molecule has 2 amide bonds. The summed E-state index contributed by atoms with van der Waals surface area (Å²) in [6, 6.07) is 0. The lowest BCUT2D eigenvalue weighted by Gasteiger charge is -2.27. The Bertz CT molecular complexity index is 270. The Hall–Kier alpha value is -0.810. The second-order valence-corrected chi connectivity index (χ2v) is 5.20. The predicted molar refractivity (Wildman–Crippen MR) is 76.3 cm³/mol. The smallest absolute Gasteiger partial charge is 0.241 e. The van der Waals surface area contributed by atoms with E-state index in [1.165, 1.54) is 6.42 Å². The summed E-state index contributed by atoms with van der Waals surface area (Å²) in [5.41, 5.74) is 0. The number of likely N-dealkylation sites (tertiary alicyclic amines) is 1. The quantitative estimate of drug-likeness (QED) is 0.797. The number of piperidine rings is 2. The fourth-order valence-electron chi connectivity index (χ4n) is 2.64. The van der Waals surface area contributed by atoms with Gasteiger partial charge in [0.05, 0.1) is 12.5 Å². The molecule has 0 radical (unpaired) electrons. The van der Waals surface area contributed by atoms with E-state index in [1.54, 1.807) is 0 Å². The molecule has 6 heteroatoms. The van der Waals surface area contributed by atoms with Gasteiger partial charge in [0.1, 0.15) is 0 Å². The highest BCUT2D eigenvalue weighted by molar-refractivity contribution is 5.86. The van der Waals surface area contributed by atoms with Crippen LogP contribution in [0.2, 0.25) is 0 Å². The van der Waals surface area contributed by atoms with Gasteiger partial charge in [-0.3, -0.25) is 9.59 Å². The normalized spacial score (nSPS) is 23.4. The van der Waals surface area contributed by atoms with Gasteiger partial charge in [0.2, 0.25) is 11.8 Å². The summed E-state index contributed by atoms with van der Waals surface area (Å²) in [6.45, 7) is 3.59. The lowest BCUT2D eigenvalue weighted by Crippen LogP contribution is -2.46. The van der Waals surface area contributed by atoms with Gasteiger partial charge >= 0.3 is 0 Å². The van der Waals surface area contributed by atoms with E-state index in [4.69, 9.17) is 0 Å². The van der Waals surface area contributed by atoms with Crippen LogP contribution in [0.3, 0.4) is 0 Å². The summed E-state index contributed by atoms with van der Waals surface area (Å²) >= 11 is 0. The van der Waals surface area contributed by atoms with Crippen LogP contribution in [0, 0.1) is 5.92 Å². The van der Waals surface area contributed by atoms with E-state index in [2.05, 4.69) is 10.6 Å². The number of hydrogen-bond acceptors (Lipinski definition) is 3. The molecule has 2 rings (SSSR count).